The number of hydrogen-bond donors (Lipinski definition) is 5. The van der Waals surface area contributed by atoms with E-state index in [1.54, 1.807) is 98.5 Å². The van der Waals surface area contributed by atoms with E-state index in [0.717, 1.165) is 42.4 Å². The van der Waals surface area contributed by atoms with Gasteiger partial charge in [0, 0.05) is 56.9 Å². The summed E-state index contributed by atoms with van der Waals surface area (Å²) in [5, 5.41) is 15.3. The number of para-hydroxylation sites is 4. The van der Waals surface area contributed by atoms with Gasteiger partial charge in [-0.05, 0) is 125 Å². The van der Waals surface area contributed by atoms with Crippen LogP contribution in [0.2, 0.25) is 0 Å². The number of thioether (sulfide) groups is 4. The molecule has 7 amide bonds. The molecule has 5 N–H and O–H groups in total. The maximum atomic E-state index is 12.9. The van der Waals surface area contributed by atoms with E-state index in [-0.39, 0.29) is 84.9 Å². The Balaban J connectivity index is 0.000000172. The Morgan fingerprint density at radius 1 is 0.461 bits per heavy atom. The van der Waals surface area contributed by atoms with Crippen molar-refractivity contribution >= 4 is 134 Å². The van der Waals surface area contributed by atoms with Gasteiger partial charge < -0.3 is 49.6 Å². The zero-order valence-corrected chi connectivity index (χ0v) is 53.0. The normalized spacial score (nSPS) is 16.8. The molecule has 21 nitrogen and oxygen atoms in total. The minimum atomic E-state index is -0.712. The molecule has 0 aliphatic carbocycles. The number of hydrogen-bond acceptors (Lipinski definition) is 18. The number of amides is 7. The molecule has 468 valence electrons. The lowest BCUT2D eigenvalue weighted by atomic mass is 10.2. The highest BCUT2D eigenvalue weighted by Crippen LogP contribution is 2.43. The minimum Gasteiger partial charge on any atom is -0.497 e. The van der Waals surface area contributed by atoms with Gasteiger partial charge in [0.15, 0.2) is 0 Å². The monoisotopic (exact) mass is 1290 g/mol. The Bertz CT molecular complexity index is 3490. The van der Waals surface area contributed by atoms with Gasteiger partial charge in [-0.3, -0.25) is 48.4 Å². The number of benzene rings is 6. The molecular formula is C64H69N7O14S4. The van der Waals surface area contributed by atoms with E-state index < -0.39 is 21.7 Å². The predicted molar refractivity (Wildman–Crippen MR) is 346 cm³/mol. The van der Waals surface area contributed by atoms with Gasteiger partial charge in [-0.15, -0.1) is 47.0 Å². The molecule has 0 saturated heterocycles. The number of nitrogens with zero attached hydrogens (tertiary/aromatic N) is 3. The molecule has 10 rings (SSSR count). The van der Waals surface area contributed by atoms with Gasteiger partial charge >= 0.3 is 11.9 Å². The van der Waals surface area contributed by atoms with Crippen molar-refractivity contribution in [3.05, 3.63) is 146 Å². The first-order chi connectivity index (χ1) is 43.0. The minimum absolute atomic E-state index is 0.0146. The second-order valence-corrected chi connectivity index (χ2v) is 24.4. The van der Waals surface area contributed by atoms with Gasteiger partial charge in [0.05, 0.1) is 84.0 Å². The van der Waals surface area contributed by atoms with Gasteiger partial charge in [0.2, 0.25) is 35.4 Å². The number of hydroxylamine groups is 1. The summed E-state index contributed by atoms with van der Waals surface area (Å²) in [5.41, 5.74) is 6.05. The van der Waals surface area contributed by atoms with Crippen molar-refractivity contribution in [1.82, 2.24) is 5.48 Å². The number of anilines is 6. The third-order valence-electron chi connectivity index (χ3n) is 13.5. The second kappa shape index (κ2) is 33.7. The van der Waals surface area contributed by atoms with Gasteiger partial charge in [0.25, 0.3) is 5.91 Å². The summed E-state index contributed by atoms with van der Waals surface area (Å²) in [4.78, 5) is 118. The average Bonchev–Trinajstić information content (AvgIpc) is 2.69. The van der Waals surface area contributed by atoms with Crippen molar-refractivity contribution in [2.45, 2.75) is 94.0 Å². The van der Waals surface area contributed by atoms with Crippen LogP contribution >= 0.6 is 47.0 Å². The molecule has 0 radical (unpaired) electrons. The summed E-state index contributed by atoms with van der Waals surface area (Å²) in [6.07, 6.45) is 0.322. The molecule has 89 heavy (non-hydrogen) atoms. The van der Waals surface area contributed by atoms with Crippen LogP contribution in [0.5, 0.6) is 11.5 Å². The number of rotatable bonds is 18. The number of carbonyl (C=O) groups is 9. The summed E-state index contributed by atoms with van der Waals surface area (Å²) in [5.74, 6) is -0.987. The van der Waals surface area contributed by atoms with Crippen molar-refractivity contribution in [1.29, 1.82) is 0 Å². The van der Waals surface area contributed by atoms with E-state index in [1.165, 1.54) is 57.4 Å². The number of nitrogens with one attached hydrogen (secondary N) is 4. The van der Waals surface area contributed by atoms with Gasteiger partial charge in [-0.1, -0.05) is 48.5 Å². The van der Waals surface area contributed by atoms with E-state index in [4.69, 9.17) is 24.2 Å². The van der Waals surface area contributed by atoms with Gasteiger partial charge in [-0.25, -0.2) is 5.48 Å². The maximum Gasteiger partial charge on any atom is 0.307 e. The smallest absolute Gasteiger partial charge is 0.307 e. The third-order valence-corrected chi connectivity index (χ3v) is 18.5. The van der Waals surface area contributed by atoms with Crippen LogP contribution in [0.3, 0.4) is 0 Å². The summed E-state index contributed by atoms with van der Waals surface area (Å²) in [6.45, 7) is 8.95. The largest absolute Gasteiger partial charge is 0.497 e. The zero-order chi connectivity index (χ0) is 64.0. The second-order valence-electron chi connectivity index (χ2n) is 19.4. The fraction of sp³-hybridized carbons (Fsp3) is 0.297. The topological polar surface area (TPSA) is 269 Å². The van der Waals surface area contributed by atoms with Crippen molar-refractivity contribution in [2.75, 3.05) is 77.7 Å². The molecule has 6 aromatic carbocycles. The number of fused-ring (bicyclic) bond motifs is 4. The van der Waals surface area contributed by atoms with E-state index in [9.17, 15) is 43.2 Å². The Morgan fingerprint density at radius 3 is 1.22 bits per heavy atom. The fourth-order valence-electron chi connectivity index (χ4n) is 9.29. The molecule has 0 bridgehead atoms. The van der Waals surface area contributed by atoms with E-state index in [0.29, 0.717) is 49.1 Å². The van der Waals surface area contributed by atoms with Crippen LogP contribution in [-0.2, 0) is 52.6 Å². The van der Waals surface area contributed by atoms with Crippen molar-refractivity contribution in [3.63, 3.8) is 0 Å². The van der Waals surface area contributed by atoms with Crippen molar-refractivity contribution in [2.24, 2.45) is 0 Å². The lowest BCUT2D eigenvalue weighted by molar-refractivity contribution is -0.144. The first kappa shape index (κ1) is 68.0. The molecule has 4 unspecified atom stereocenters. The van der Waals surface area contributed by atoms with Crippen molar-refractivity contribution in [3.8, 4) is 11.5 Å². The zero-order valence-electron chi connectivity index (χ0n) is 49.8. The standard InChI is InChI=1S/C19H19N3O5S.C19H20N2O3S.C14H17NO3S.C12H13NO3S/c1-27-13-8-6-12(7-9-13)20-17(23)10-16-19(25)22(11-18(24)21-26)14-4-2-3-5-15(14)28-16;1-3-21-15-6-4-5-7-16(15)25-17(19(21)23)12-18(22)20-13-8-10-14(24-2)11-9-13;1-3-15-10-7-5-6-8-11(10)19-12(14(15)17)9-13(16)18-4-2;1-2-16-11(14)7-10-12(15)13-8-5-3-4-6-9(8)17-10/h2-9,16,26H,10-11H2,1H3,(H,20,23)(H,21,24);4-11,17H,3,12H2,1-2H3,(H,20,22);5-8,12H,3-4,9H2,1-2H3;3-6,10H,2,7H2,1H3,(H,13,15). The quantitative estimate of drug-likeness (QED) is 0.0304. The Morgan fingerprint density at radius 2 is 0.820 bits per heavy atom. The Kier molecular flexibility index (Phi) is 25.8. The highest BCUT2D eigenvalue weighted by molar-refractivity contribution is 8.01. The molecule has 4 aliphatic rings. The van der Waals surface area contributed by atoms with E-state index in [1.807, 2.05) is 98.8 Å². The molecule has 6 aromatic rings. The van der Waals surface area contributed by atoms with Crippen LogP contribution in [0.4, 0.5) is 34.1 Å². The van der Waals surface area contributed by atoms with Crippen LogP contribution in [0, 0.1) is 0 Å². The van der Waals surface area contributed by atoms with Crippen molar-refractivity contribution < 1.29 is 67.3 Å². The molecule has 0 spiro atoms. The summed E-state index contributed by atoms with van der Waals surface area (Å²) in [7, 11) is 3.15. The van der Waals surface area contributed by atoms with Gasteiger partial charge in [-0.2, -0.15) is 0 Å². The maximum absolute atomic E-state index is 12.9. The van der Waals surface area contributed by atoms with E-state index >= 15 is 0 Å². The number of ether oxygens (including phenoxy) is 4. The number of methoxy groups -OCH3 is 2. The van der Waals surface area contributed by atoms with E-state index in [2.05, 4.69) is 16.0 Å². The highest BCUT2D eigenvalue weighted by Gasteiger charge is 2.38. The SMILES string of the molecule is CCN1C(=O)C(CC(=O)Nc2ccc(OC)cc2)Sc2ccccc21.CCOC(=O)CC1Sc2ccccc2N(CC)C1=O.CCOC(=O)CC1Sc2ccccc2NC1=O.COc1ccc(NC(=O)CC2Sc3ccccc3N(CC(=O)NO)C2=O)cc1. The third kappa shape index (κ3) is 18.8. The highest BCUT2D eigenvalue weighted by atomic mass is 32.2. The van der Waals surface area contributed by atoms with Crippen LogP contribution in [0.1, 0.15) is 53.4 Å². The fourth-order valence-corrected chi connectivity index (χ4v) is 14.0. The Labute approximate surface area is 533 Å². The molecule has 0 fully saturated rings. The summed E-state index contributed by atoms with van der Waals surface area (Å²) < 4.78 is 20.0. The molecular weight excluding hydrogens is 1220 g/mol. The molecule has 0 aromatic heterocycles. The van der Waals surface area contributed by atoms with Gasteiger partial charge in [0.1, 0.15) is 18.0 Å². The first-order valence-corrected chi connectivity index (χ1v) is 31.9. The molecule has 4 aliphatic heterocycles. The molecule has 25 heteroatoms. The lowest BCUT2D eigenvalue weighted by Gasteiger charge is -2.32. The molecule has 0 saturated carbocycles. The lowest BCUT2D eigenvalue weighted by Crippen LogP contribution is -2.46. The number of carbonyl (C=O) groups excluding carboxylic acids is 9. The first-order valence-electron chi connectivity index (χ1n) is 28.4. The summed E-state index contributed by atoms with van der Waals surface area (Å²) >= 11 is 5.59. The summed E-state index contributed by atoms with van der Waals surface area (Å²) in [6, 6.07) is 44.2. The predicted octanol–water partition coefficient (Wildman–Crippen LogP) is 10.1. The molecule has 4 atom stereocenters. The molecule has 4 heterocycles. The van der Waals surface area contributed by atoms with Crippen LogP contribution in [-0.4, -0.2) is 127 Å². The van der Waals surface area contributed by atoms with Crippen LogP contribution < -0.4 is 45.6 Å². The Hall–Kier alpha value is -8.49. The van der Waals surface area contributed by atoms with Crippen LogP contribution in [0.15, 0.2) is 165 Å². The number of esters is 2. The average molecular weight is 1290 g/mol. The van der Waals surface area contributed by atoms with Crippen LogP contribution in [0.25, 0.3) is 0 Å².